The summed E-state index contributed by atoms with van der Waals surface area (Å²) in [5.41, 5.74) is 9.77. The molecule has 0 atom stereocenters. The number of aryl methyl sites for hydroxylation is 2. The summed E-state index contributed by atoms with van der Waals surface area (Å²) in [6.07, 6.45) is 3.80. The van der Waals surface area contributed by atoms with E-state index in [9.17, 15) is 0 Å². The van der Waals surface area contributed by atoms with Crippen LogP contribution in [0.15, 0.2) is 30.7 Å². The van der Waals surface area contributed by atoms with Gasteiger partial charge in [0.1, 0.15) is 0 Å². The Balaban J connectivity index is 2.47. The van der Waals surface area contributed by atoms with Gasteiger partial charge in [-0.3, -0.25) is 0 Å². The SMILES string of the molecule is Cc1cn(-c2ccc(N)c(C)c2)cn1. The van der Waals surface area contributed by atoms with Crippen molar-refractivity contribution in [2.24, 2.45) is 0 Å². The predicted octanol–water partition coefficient (Wildman–Crippen LogP) is 2.07. The van der Waals surface area contributed by atoms with Crippen LogP contribution < -0.4 is 5.73 Å². The number of benzene rings is 1. The van der Waals surface area contributed by atoms with Gasteiger partial charge in [-0.25, -0.2) is 4.98 Å². The standard InChI is InChI=1S/C11H13N3/c1-8-5-10(3-4-11(8)12)14-6-9(2)13-7-14/h3-7H,12H2,1-2H3. The van der Waals surface area contributed by atoms with Crippen LogP contribution in [0.4, 0.5) is 5.69 Å². The number of imidazole rings is 1. The number of rotatable bonds is 1. The fraction of sp³-hybridized carbons (Fsp3) is 0.182. The third-order valence-electron chi connectivity index (χ3n) is 2.26. The van der Waals surface area contributed by atoms with Crippen molar-refractivity contribution in [3.8, 4) is 5.69 Å². The van der Waals surface area contributed by atoms with E-state index in [1.165, 1.54) is 0 Å². The highest BCUT2D eigenvalue weighted by molar-refractivity contribution is 5.51. The fourth-order valence-corrected chi connectivity index (χ4v) is 1.38. The molecule has 0 saturated carbocycles. The van der Waals surface area contributed by atoms with Crippen LogP contribution in [0.1, 0.15) is 11.3 Å². The van der Waals surface area contributed by atoms with Gasteiger partial charge in [0, 0.05) is 17.6 Å². The first-order valence-corrected chi connectivity index (χ1v) is 4.54. The average Bonchev–Trinajstić information content (AvgIpc) is 2.57. The zero-order valence-electron chi connectivity index (χ0n) is 8.36. The van der Waals surface area contributed by atoms with E-state index < -0.39 is 0 Å². The highest BCUT2D eigenvalue weighted by atomic mass is 15.0. The van der Waals surface area contributed by atoms with Crippen molar-refractivity contribution < 1.29 is 0 Å². The van der Waals surface area contributed by atoms with Crippen molar-refractivity contribution in [1.82, 2.24) is 9.55 Å². The molecule has 0 aliphatic rings. The summed E-state index contributed by atoms with van der Waals surface area (Å²) in [5, 5.41) is 0. The lowest BCUT2D eigenvalue weighted by Crippen LogP contribution is -1.94. The fourth-order valence-electron chi connectivity index (χ4n) is 1.38. The molecule has 0 aliphatic carbocycles. The van der Waals surface area contributed by atoms with Gasteiger partial charge in [-0.15, -0.1) is 0 Å². The molecule has 0 saturated heterocycles. The van der Waals surface area contributed by atoms with Crippen LogP contribution >= 0.6 is 0 Å². The summed E-state index contributed by atoms with van der Waals surface area (Å²) >= 11 is 0. The molecule has 72 valence electrons. The molecular weight excluding hydrogens is 174 g/mol. The number of nitrogens with zero attached hydrogens (tertiary/aromatic N) is 2. The monoisotopic (exact) mass is 187 g/mol. The first-order valence-electron chi connectivity index (χ1n) is 4.54. The van der Waals surface area contributed by atoms with Gasteiger partial charge in [-0.2, -0.15) is 0 Å². The molecule has 0 amide bonds. The molecule has 3 heteroatoms. The zero-order valence-corrected chi connectivity index (χ0v) is 8.36. The molecule has 2 N–H and O–H groups in total. The van der Waals surface area contributed by atoms with E-state index >= 15 is 0 Å². The summed E-state index contributed by atoms with van der Waals surface area (Å²) in [7, 11) is 0. The van der Waals surface area contributed by atoms with E-state index in [-0.39, 0.29) is 0 Å². The minimum absolute atomic E-state index is 0.825. The van der Waals surface area contributed by atoms with Crippen molar-refractivity contribution >= 4 is 5.69 Å². The summed E-state index contributed by atoms with van der Waals surface area (Å²) in [6.45, 7) is 3.98. The normalized spacial score (nSPS) is 10.4. The molecule has 2 rings (SSSR count). The quantitative estimate of drug-likeness (QED) is 0.694. The maximum Gasteiger partial charge on any atom is 0.0995 e. The van der Waals surface area contributed by atoms with E-state index in [4.69, 9.17) is 5.73 Å². The number of aromatic nitrogens is 2. The molecule has 0 aliphatic heterocycles. The molecule has 0 fully saturated rings. The van der Waals surface area contributed by atoms with Gasteiger partial charge in [0.15, 0.2) is 0 Å². The molecule has 0 radical (unpaired) electrons. The summed E-state index contributed by atoms with van der Waals surface area (Å²) in [6, 6.07) is 5.96. The van der Waals surface area contributed by atoms with Crippen molar-refractivity contribution in [3.63, 3.8) is 0 Å². The third kappa shape index (κ3) is 1.48. The maximum absolute atomic E-state index is 5.75. The van der Waals surface area contributed by atoms with Gasteiger partial charge < -0.3 is 10.3 Å². The molecule has 1 heterocycles. The van der Waals surface area contributed by atoms with Crippen LogP contribution in [0, 0.1) is 13.8 Å². The van der Waals surface area contributed by atoms with Gasteiger partial charge >= 0.3 is 0 Å². The summed E-state index contributed by atoms with van der Waals surface area (Å²) < 4.78 is 1.99. The van der Waals surface area contributed by atoms with Gasteiger partial charge in [-0.1, -0.05) is 0 Å². The Hall–Kier alpha value is -1.77. The second-order valence-electron chi connectivity index (χ2n) is 3.46. The van der Waals surface area contributed by atoms with Crippen molar-refractivity contribution in [1.29, 1.82) is 0 Å². The summed E-state index contributed by atoms with van der Waals surface area (Å²) in [5.74, 6) is 0. The first-order chi connectivity index (χ1) is 6.66. The zero-order chi connectivity index (χ0) is 10.1. The molecule has 2 aromatic rings. The minimum atomic E-state index is 0.825. The van der Waals surface area contributed by atoms with Crippen LogP contribution in [-0.2, 0) is 0 Å². The number of hydrogen-bond donors (Lipinski definition) is 1. The molecule has 1 aromatic heterocycles. The Kier molecular flexibility index (Phi) is 2.00. The Morgan fingerprint density at radius 1 is 1.29 bits per heavy atom. The lowest BCUT2D eigenvalue weighted by atomic mass is 10.2. The van der Waals surface area contributed by atoms with Gasteiger partial charge in [-0.05, 0) is 37.6 Å². The largest absolute Gasteiger partial charge is 0.399 e. The minimum Gasteiger partial charge on any atom is -0.399 e. The molecular formula is C11H13N3. The van der Waals surface area contributed by atoms with Gasteiger partial charge in [0.25, 0.3) is 0 Å². The molecule has 3 nitrogen and oxygen atoms in total. The number of nitrogen functional groups attached to an aromatic ring is 1. The number of anilines is 1. The van der Waals surface area contributed by atoms with Crippen LogP contribution in [0.25, 0.3) is 5.69 Å². The predicted molar refractivity (Wildman–Crippen MR) is 57.5 cm³/mol. The molecule has 0 unspecified atom stereocenters. The van der Waals surface area contributed by atoms with Crippen LogP contribution in [0.5, 0.6) is 0 Å². The Morgan fingerprint density at radius 3 is 2.64 bits per heavy atom. The van der Waals surface area contributed by atoms with E-state index in [1.54, 1.807) is 6.33 Å². The number of nitrogens with two attached hydrogens (primary N) is 1. The van der Waals surface area contributed by atoms with E-state index in [0.717, 1.165) is 22.6 Å². The van der Waals surface area contributed by atoms with Crippen molar-refractivity contribution in [2.75, 3.05) is 5.73 Å². The van der Waals surface area contributed by atoms with E-state index in [2.05, 4.69) is 11.1 Å². The van der Waals surface area contributed by atoms with Gasteiger partial charge in [0.05, 0.1) is 12.0 Å². The van der Waals surface area contributed by atoms with Crippen LogP contribution in [-0.4, -0.2) is 9.55 Å². The lowest BCUT2D eigenvalue weighted by molar-refractivity contribution is 1.05. The Morgan fingerprint density at radius 2 is 2.07 bits per heavy atom. The van der Waals surface area contributed by atoms with Crippen LogP contribution in [0.3, 0.4) is 0 Å². The second kappa shape index (κ2) is 3.18. The Bertz CT molecular complexity index is 457. The maximum atomic E-state index is 5.75. The second-order valence-corrected chi connectivity index (χ2v) is 3.46. The average molecular weight is 187 g/mol. The topological polar surface area (TPSA) is 43.8 Å². The molecule has 1 aromatic carbocycles. The highest BCUT2D eigenvalue weighted by Gasteiger charge is 1.99. The molecule has 0 bridgehead atoms. The highest BCUT2D eigenvalue weighted by Crippen LogP contribution is 2.16. The van der Waals surface area contributed by atoms with Crippen molar-refractivity contribution in [2.45, 2.75) is 13.8 Å². The lowest BCUT2D eigenvalue weighted by Gasteiger charge is -2.05. The smallest absolute Gasteiger partial charge is 0.0995 e. The molecule has 0 spiro atoms. The number of hydrogen-bond acceptors (Lipinski definition) is 2. The van der Waals surface area contributed by atoms with E-state index in [0.29, 0.717) is 0 Å². The first kappa shape index (κ1) is 8.81. The van der Waals surface area contributed by atoms with Crippen molar-refractivity contribution in [3.05, 3.63) is 42.0 Å². The third-order valence-corrected chi connectivity index (χ3v) is 2.26. The Labute approximate surface area is 83.2 Å². The summed E-state index contributed by atoms with van der Waals surface area (Å²) in [4.78, 5) is 4.18. The van der Waals surface area contributed by atoms with E-state index in [1.807, 2.05) is 36.7 Å². The van der Waals surface area contributed by atoms with Gasteiger partial charge in [0.2, 0.25) is 0 Å². The van der Waals surface area contributed by atoms with Crippen LogP contribution in [0.2, 0.25) is 0 Å². The molecule has 14 heavy (non-hydrogen) atoms.